The van der Waals surface area contributed by atoms with Crippen molar-refractivity contribution in [1.82, 2.24) is 10.3 Å². The lowest BCUT2D eigenvalue weighted by Gasteiger charge is -2.21. The molecule has 0 fully saturated rings. The molecule has 2 atom stereocenters. The molecular weight excluding hydrogens is 282 g/mol. The van der Waals surface area contributed by atoms with Gasteiger partial charge in [0.05, 0.1) is 12.1 Å². The Balaban J connectivity index is 1.74. The molecular formula is C16H19N3OS. The van der Waals surface area contributed by atoms with Crippen LogP contribution in [0, 0.1) is 0 Å². The van der Waals surface area contributed by atoms with E-state index in [9.17, 15) is 4.79 Å². The Hall–Kier alpha value is -1.72. The highest BCUT2D eigenvalue weighted by Crippen LogP contribution is 2.24. The minimum Gasteiger partial charge on any atom is -0.324 e. The third-order valence-corrected chi connectivity index (χ3v) is 4.74. The predicted octanol–water partition coefficient (Wildman–Crippen LogP) is 3.14. The minimum atomic E-state index is -0.175. The molecule has 2 N–H and O–H groups in total. The monoisotopic (exact) mass is 301 g/mol. The fourth-order valence-electron chi connectivity index (χ4n) is 2.68. The summed E-state index contributed by atoms with van der Waals surface area (Å²) in [5.74, 6) is 0.0509. The van der Waals surface area contributed by atoms with Crippen LogP contribution in [0.2, 0.25) is 0 Å². The van der Waals surface area contributed by atoms with Crippen LogP contribution in [0.1, 0.15) is 36.4 Å². The molecule has 1 aromatic carbocycles. The number of thiazole rings is 1. The van der Waals surface area contributed by atoms with Crippen molar-refractivity contribution in [3.63, 3.8) is 0 Å². The van der Waals surface area contributed by atoms with E-state index in [4.69, 9.17) is 0 Å². The van der Waals surface area contributed by atoms with Crippen molar-refractivity contribution in [2.24, 2.45) is 0 Å². The fourth-order valence-corrected chi connectivity index (χ4v) is 3.47. The first-order valence-corrected chi connectivity index (χ1v) is 8.20. The molecule has 0 spiro atoms. The van der Waals surface area contributed by atoms with Gasteiger partial charge in [-0.1, -0.05) is 25.1 Å². The molecule has 1 aromatic heterocycles. The average Bonchev–Trinajstić information content (AvgIpc) is 2.97. The Bertz CT molecular complexity index is 612. The van der Waals surface area contributed by atoms with Crippen molar-refractivity contribution < 1.29 is 4.79 Å². The fraction of sp³-hybridized carbons (Fsp3) is 0.375. The molecule has 0 saturated heterocycles. The zero-order valence-electron chi connectivity index (χ0n) is 12.0. The predicted molar refractivity (Wildman–Crippen MR) is 85.5 cm³/mol. The Morgan fingerprint density at radius 3 is 3.10 bits per heavy atom. The maximum atomic E-state index is 12.4. The van der Waals surface area contributed by atoms with Gasteiger partial charge in [0.25, 0.3) is 0 Å². The number of hydrogen-bond donors (Lipinski definition) is 2. The van der Waals surface area contributed by atoms with Gasteiger partial charge >= 0.3 is 0 Å². The molecule has 0 aliphatic carbocycles. The van der Waals surface area contributed by atoms with Crippen molar-refractivity contribution in [2.45, 2.75) is 38.3 Å². The SMILES string of the molecule is CCC(NC1CCc2ccccc2NC1=O)c1nccs1. The second-order valence-electron chi connectivity index (χ2n) is 5.24. The normalized spacial score (nSPS) is 19.5. The summed E-state index contributed by atoms with van der Waals surface area (Å²) in [6, 6.07) is 7.98. The molecule has 110 valence electrons. The first kappa shape index (κ1) is 14.2. The summed E-state index contributed by atoms with van der Waals surface area (Å²) in [6.07, 6.45) is 4.45. The number of benzene rings is 1. The molecule has 1 amide bonds. The molecule has 5 heteroatoms. The highest BCUT2D eigenvalue weighted by molar-refractivity contribution is 7.09. The van der Waals surface area contributed by atoms with E-state index >= 15 is 0 Å². The Morgan fingerprint density at radius 1 is 1.48 bits per heavy atom. The van der Waals surface area contributed by atoms with Gasteiger partial charge in [-0.2, -0.15) is 0 Å². The number of nitrogens with zero attached hydrogens (tertiary/aromatic N) is 1. The van der Waals surface area contributed by atoms with Gasteiger partial charge in [-0.25, -0.2) is 4.98 Å². The van der Waals surface area contributed by atoms with Crippen LogP contribution in [0.4, 0.5) is 5.69 Å². The first-order valence-electron chi connectivity index (χ1n) is 7.32. The first-order chi connectivity index (χ1) is 10.3. The van der Waals surface area contributed by atoms with Crippen LogP contribution in [0.15, 0.2) is 35.8 Å². The van der Waals surface area contributed by atoms with E-state index in [2.05, 4.69) is 28.6 Å². The number of rotatable bonds is 4. The lowest BCUT2D eigenvalue weighted by molar-refractivity contribution is -0.118. The number of carbonyl (C=O) groups excluding carboxylic acids is 1. The summed E-state index contributed by atoms with van der Waals surface area (Å²) in [6.45, 7) is 2.11. The van der Waals surface area contributed by atoms with Crippen LogP contribution in [-0.4, -0.2) is 16.9 Å². The maximum Gasteiger partial charge on any atom is 0.241 e. The van der Waals surface area contributed by atoms with E-state index in [1.54, 1.807) is 11.3 Å². The van der Waals surface area contributed by atoms with Gasteiger partial charge in [0.15, 0.2) is 0 Å². The summed E-state index contributed by atoms with van der Waals surface area (Å²) >= 11 is 1.63. The number of hydrogen-bond acceptors (Lipinski definition) is 4. The Kier molecular flexibility index (Phi) is 4.31. The number of carbonyl (C=O) groups is 1. The summed E-state index contributed by atoms with van der Waals surface area (Å²) in [5, 5.41) is 9.52. The van der Waals surface area contributed by atoms with E-state index in [1.165, 1.54) is 5.56 Å². The van der Waals surface area contributed by atoms with Crippen LogP contribution in [0.25, 0.3) is 0 Å². The van der Waals surface area contributed by atoms with Gasteiger partial charge in [-0.15, -0.1) is 11.3 Å². The van der Waals surface area contributed by atoms with Gasteiger partial charge in [0.1, 0.15) is 5.01 Å². The molecule has 2 aromatic rings. The smallest absolute Gasteiger partial charge is 0.241 e. The summed E-state index contributed by atoms with van der Waals surface area (Å²) in [5.41, 5.74) is 2.14. The zero-order valence-corrected chi connectivity index (χ0v) is 12.8. The molecule has 2 heterocycles. The van der Waals surface area contributed by atoms with Crippen molar-refractivity contribution in [2.75, 3.05) is 5.32 Å². The molecule has 3 rings (SSSR count). The van der Waals surface area contributed by atoms with E-state index in [-0.39, 0.29) is 18.0 Å². The number of amides is 1. The number of para-hydroxylation sites is 1. The van der Waals surface area contributed by atoms with Gasteiger partial charge in [-0.3, -0.25) is 10.1 Å². The molecule has 21 heavy (non-hydrogen) atoms. The minimum absolute atomic E-state index is 0.0509. The molecule has 0 radical (unpaired) electrons. The highest BCUT2D eigenvalue weighted by atomic mass is 32.1. The van der Waals surface area contributed by atoms with Crippen molar-refractivity contribution in [1.29, 1.82) is 0 Å². The molecule has 0 saturated carbocycles. The quantitative estimate of drug-likeness (QED) is 0.912. The zero-order chi connectivity index (χ0) is 14.7. The lowest BCUT2D eigenvalue weighted by Crippen LogP contribution is -2.41. The Labute approximate surface area is 128 Å². The van der Waals surface area contributed by atoms with Crippen LogP contribution in [0.5, 0.6) is 0 Å². The van der Waals surface area contributed by atoms with Gasteiger partial charge in [0, 0.05) is 17.3 Å². The number of aromatic nitrogens is 1. The Morgan fingerprint density at radius 2 is 2.33 bits per heavy atom. The topological polar surface area (TPSA) is 54.0 Å². The molecule has 1 aliphatic rings. The van der Waals surface area contributed by atoms with Gasteiger partial charge in [-0.05, 0) is 30.9 Å². The largest absolute Gasteiger partial charge is 0.324 e. The van der Waals surface area contributed by atoms with E-state index in [0.717, 1.165) is 30.0 Å². The number of aryl methyl sites for hydroxylation is 1. The van der Waals surface area contributed by atoms with Crippen LogP contribution >= 0.6 is 11.3 Å². The third-order valence-electron chi connectivity index (χ3n) is 3.85. The number of nitrogens with one attached hydrogen (secondary N) is 2. The molecule has 0 bridgehead atoms. The lowest BCUT2D eigenvalue weighted by atomic mass is 10.0. The second kappa shape index (κ2) is 6.37. The van der Waals surface area contributed by atoms with Gasteiger partial charge < -0.3 is 5.32 Å². The molecule has 4 nitrogen and oxygen atoms in total. The average molecular weight is 301 g/mol. The summed E-state index contributed by atoms with van der Waals surface area (Å²) < 4.78 is 0. The molecule has 2 unspecified atom stereocenters. The third kappa shape index (κ3) is 3.14. The van der Waals surface area contributed by atoms with Crippen molar-refractivity contribution in [3.8, 4) is 0 Å². The number of fused-ring (bicyclic) bond motifs is 1. The molecule has 1 aliphatic heterocycles. The van der Waals surface area contributed by atoms with Crippen LogP contribution < -0.4 is 10.6 Å². The second-order valence-corrected chi connectivity index (χ2v) is 6.16. The van der Waals surface area contributed by atoms with Gasteiger partial charge in [0.2, 0.25) is 5.91 Å². The standard InChI is InChI=1S/C16H19N3OS/c1-2-12(16-17-9-10-21-16)18-14-8-7-11-5-3-4-6-13(11)19-15(14)20/h3-6,9-10,12,14,18H,2,7-8H2,1H3,(H,19,20). The van der Waals surface area contributed by atoms with E-state index < -0.39 is 0 Å². The number of anilines is 1. The van der Waals surface area contributed by atoms with Crippen molar-refractivity contribution >= 4 is 22.9 Å². The van der Waals surface area contributed by atoms with E-state index in [1.807, 2.05) is 29.8 Å². The summed E-state index contributed by atoms with van der Waals surface area (Å²) in [7, 11) is 0. The van der Waals surface area contributed by atoms with Crippen LogP contribution in [-0.2, 0) is 11.2 Å². The van der Waals surface area contributed by atoms with E-state index in [0.29, 0.717) is 0 Å². The van der Waals surface area contributed by atoms with Crippen LogP contribution in [0.3, 0.4) is 0 Å². The summed E-state index contributed by atoms with van der Waals surface area (Å²) in [4.78, 5) is 16.8. The maximum absolute atomic E-state index is 12.4. The highest BCUT2D eigenvalue weighted by Gasteiger charge is 2.26. The van der Waals surface area contributed by atoms with Crippen molar-refractivity contribution in [3.05, 3.63) is 46.4 Å².